The molecule has 6 heteroatoms. The fourth-order valence-electron chi connectivity index (χ4n) is 5.21. The van der Waals surface area contributed by atoms with E-state index in [0.29, 0.717) is 13.0 Å². The maximum atomic E-state index is 13.4. The monoisotopic (exact) mass is 468 g/mol. The Balaban J connectivity index is 1.30. The van der Waals surface area contributed by atoms with Gasteiger partial charge >= 0.3 is 5.69 Å². The molecule has 35 heavy (non-hydrogen) atoms. The summed E-state index contributed by atoms with van der Waals surface area (Å²) < 4.78 is 3.70. The van der Waals surface area contributed by atoms with E-state index in [0.717, 1.165) is 54.9 Å². The Bertz CT molecular complexity index is 1340. The number of hydrogen-bond donors (Lipinski definition) is 0. The van der Waals surface area contributed by atoms with Crippen molar-refractivity contribution in [3.63, 3.8) is 0 Å². The van der Waals surface area contributed by atoms with Crippen molar-refractivity contribution in [1.29, 1.82) is 0 Å². The van der Waals surface area contributed by atoms with Crippen LogP contribution in [-0.2, 0) is 11.3 Å². The SMILES string of the molecule is CCC(=O)N(c1ccccc1)C1CCN(CCn2c(=O)n(-c3ccccc3)c3ccccc32)CC1. The summed E-state index contributed by atoms with van der Waals surface area (Å²) in [4.78, 5) is 30.6. The molecule has 0 bridgehead atoms. The molecule has 1 saturated heterocycles. The summed E-state index contributed by atoms with van der Waals surface area (Å²) in [5, 5.41) is 0. The van der Waals surface area contributed by atoms with Gasteiger partial charge in [0.1, 0.15) is 0 Å². The topological polar surface area (TPSA) is 50.5 Å². The summed E-state index contributed by atoms with van der Waals surface area (Å²) in [6, 6.07) is 28.0. The van der Waals surface area contributed by atoms with Crippen molar-refractivity contribution in [3.05, 3.63) is 95.4 Å². The third kappa shape index (κ3) is 4.66. The minimum atomic E-state index is -0.00363. The third-order valence-corrected chi connectivity index (χ3v) is 7.02. The molecule has 5 rings (SSSR count). The molecule has 1 aliphatic heterocycles. The fraction of sp³-hybridized carbons (Fsp3) is 0.310. The molecule has 0 atom stereocenters. The third-order valence-electron chi connectivity index (χ3n) is 7.02. The van der Waals surface area contributed by atoms with E-state index >= 15 is 0 Å². The van der Waals surface area contributed by atoms with Gasteiger partial charge in [-0.15, -0.1) is 0 Å². The number of nitrogens with zero attached hydrogens (tertiary/aromatic N) is 4. The Labute approximate surface area is 206 Å². The fourth-order valence-corrected chi connectivity index (χ4v) is 5.21. The highest BCUT2D eigenvalue weighted by Gasteiger charge is 2.28. The van der Waals surface area contributed by atoms with Crippen LogP contribution in [0.25, 0.3) is 16.7 Å². The van der Waals surface area contributed by atoms with Gasteiger partial charge < -0.3 is 9.80 Å². The number of amides is 1. The number of aromatic nitrogens is 2. The van der Waals surface area contributed by atoms with Crippen LogP contribution in [0.5, 0.6) is 0 Å². The second kappa shape index (κ2) is 10.3. The van der Waals surface area contributed by atoms with Crippen molar-refractivity contribution in [2.45, 2.75) is 38.8 Å². The van der Waals surface area contributed by atoms with Gasteiger partial charge in [-0.05, 0) is 49.2 Å². The molecule has 1 aliphatic rings. The lowest BCUT2D eigenvalue weighted by Gasteiger charge is -2.38. The highest BCUT2D eigenvalue weighted by atomic mass is 16.2. The molecular weight excluding hydrogens is 436 g/mol. The quantitative estimate of drug-likeness (QED) is 0.395. The lowest BCUT2D eigenvalue weighted by Crippen LogP contribution is -2.48. The number of likely N-dealkylation sites (tertiary alicyclic amines) is 1. The molecule has 6 nitrogen and oxygen atoms in total. The molecule has 0 radical (unpaired) electrons. The molecule has 1 fully saturated rings. The van der Waals surface area contributed by atoms with Crippen LogP contribution in [0, 0.1) is 0 Å². The summed E-state index contributed by atoms with van der Waals surface area (Å²) >= 11 is 0. The zero-order chi connectivity index (χ0) is 24.2. The van der Waals surface area contributed by atoms with E-state index in [1.165, 1.54) is 0 Å². The summed E-state index contributed by atoms with van der Waals surface area (Å²) in [6.07, 6.45) is 2.37. The maximum Gasteiger partial charge on any atom is 0.333 e. The standard InChI is InChI=1S/C29H32N4O2/c1-2-28(34)32(23-11-5-3-6-12-23)25-17-19-30(20-18-25)21-22-31-26-15-9-10-16-27(26)33(29(31)35)24-13-7-4-8-14-24/h3-16,25H,2,17-22H2,1H3. The van der Waals surface area contributed by atoms with Gasteiger partial charge in [-0.25, -0.2) is 4.79 Å². The molecule has 1 amide bonds. The number of hydrogen-bond acceptors (Lipinski definition) is 3. The normalized spacial score (nSPS) is 14.9. The summed E-state index contributed by atoms with van der Waals surface area (Å²) in [6.45, 7) is 5.20. The number of para-hydroxylation sites is 4. The van der Waals surface area contributed by atoms with E-state index in [1.54, 1.807) is 4.57 Å². The Kier molecular flexibility index (Phi) is 6.82. The number of anilines is 1. The zero-order valence-corrected chi connectivity index (χ0v) is 20.2. The zero-order valence-electron chi connectivity index (χ0n) is 20.2. The Hall–Kier alpha value is -3.64. The van der Waals surface area contributed by atoms with Crippen LogP contribution in [-0.4, -0.2) is 45.6 Å². The van der Waals surface area contributed by atoms with Gasteiger partial charge in [0.2, 0.25) is 5.91 Å². The van der Waals surface area contributed by atoms with Crippen LogP contribution in [0.1, 0.15) is 26.2 Å². The molecule has 0 N–H and O–H groups in total. The Morgan fingerprint density at radius 2 is 1.43 bits per heavy atom. The van der Waals surface area contributed by atoms with Crippen LogP contribution in [0.4, 0.5) is 5.69 Å². The number of fused-ring (bicyclic) bond motifs is 1. The van der Waals surface area contributed by atoms with Gasteiger partial charge in [-0.2, -0.15) is 0 Å². The van der Waals surface area contributed by atoms with Crippen molar-refractivity contribution < 1.29 is 4.79 Å². The first-order chi connectivity index (χ1) is 17.2. The highest BCUT2D eigenvalue weighted by Crippen LogP contribution is 2.25. The lowest BCUT2D eigenvalue weighted by molar-refractivity contribution is -0.119. The predicted octanol–water partition coefficient (Wildman–Crippen LogP) is 4.70. The summed E-state index contributed by atoms with van der Waals surface area (Å²) in [7, 11) is 0. The van der Waals surface area contributed by atoms with Gasteiger partial charge in [0.15, 0.2) is 0 Å². The van der Waals surface area contributed by atoms with Gasteiger partial charge in [0.25, 0.3) is 0 Å². The maximum absolute atomic E-state index is 13.4. The lowest BCUT2D eigenvalue weighted by atomic mass is 10.0. The van der Waals surface area contributed by atoms with E-state index in [9.17, 15) is 9.59 Å². The minimum Gasteiger partial charge on any atom is -0.309 e. The minimum absolute atomic E-state index is 0.00363. The van der Waals surface area contributed by atoms with Crippen molar-refractivity contribution in [3.8, 4) is 5.69 Å². The average Bonchev–Trinajstić information content (AvgIpc) is 3.20. The largest absolute Gasteiger partial charge is 0.333 e. The second-order valence-electron chi connectivity index (χ2n) is 9.12. The molecule has 180 valence electrons. The first-order valence-corrected chi connectivity index (χ1v) is 12.5. The number of carbonyl (C=O) groups is 1. The number of piperidine rings is 1. The first kappa shape index (κ1) is 23.1. The van der Waals surface area contributed by atoms with Crippen LogP contribution >= 0.6 is 0 Å². The molecule has 0 aliphatic carbocycles. The highest BCUT2D eigenvalue weighted by molar-refractivity contribution is 5.93. The van der Waals surface area contributed by atoms with Crippen molar-refractivity contribution in [1.82, 2.24) is 14.0 Å². The van der Waals surface area contributed by atoms with E-state index in [2.05, 4.69) is 4.90 Å². The van der Waals surface area contributed by atoms with Gasteiger partial charge in [0.05, 0.1) is 16.7 Å². The molecule has 4 aromatic rings. The van der Waals surface area contributed by atoms with Gasteiger partial charge in [-0.1, -0.05) is 55.5 Å². The number of benzene rings is 3. The van der Waals surface area contributed by atoms with Gasteiger partial charge in [0, 0.05) is 44.3 Å². The molecule has 0 unspecified atom stereocenters. The van der Waals surface area contributed by atoms with Crippen LogP contribution < -0.4 is 10.6 Å². The number of rotatable bonds is 7. The average molecular weight is 469 g/mol. The van der Waals surface area contributed by atoms with E-state index in [1.807, 2.05) is 101 Å². The first-order valence-electron chi connectivity index (χ1n) is 12.5. The van der Waals surface area contributed by atoms with Crippen molar-refractivity contribution in [2.24, 2.45) is 0 Å². The van der Waals surface area contributed by atoms with E-state index in [-0.39, 0.29) is 17.6 Å². The Morgan fingerprint density at radius 1 is 0.829 bits per heavy atom. The molecule has 0 saturated carbocycles. The summed E-state index contributed by atoms with van der Waals surface area (Å²) in [5.41, 5.74) is 3.75. The molecule has 1 aromatic heterocycles. The van der Waals surface area contributed by atoms with E-state index in [4.69, 9.17) is 0 Å². The second-order valence-corrected chi connectivity index (χ2v) is 9.12. The van der Waals surface area contributed by atoms with Crippen LogP contribution in [0.2, 0.25) is 0 Å². The molecule has 2 heterocycles. The van der Waals surface area contributed by atoms with Gasteiger partial charge in [-0.3, -0.25) is 13.9 Å². The molecule has 3 aromatic carbocycles. The van der Waals surface area contributed by atoms with Crippen LogP contribution in [0.3, 0.4) is 0 Å². The Morgan fingerprint density at radius 3 is 2.09 bits per heavy atom. The van der Waals surface area contributed by atoms with Crippen molar-refractivity contribution >= 4 is 22.6 Å². The smallest absolute Gasteiger partial charge is 0.309 e. The van der Waals surface area contributed by atoms with Crippen molar-refractivity contribution in [2.75, 3.05) is 24.5 Å². The summed E-state index contributed by atoms with van der Waals surface area (Å²) in [5.74, 6) is 0.176. The predicted molar refractivity (Wildman–Crippen MR) is 141 cm³/mol. The van der Waals surface area contributed by atoms with Crippen LogP contribution in [0.15, 0.2) is 89.7 Å². The molecule has 0 spiro atoms. The number of imidazole rings is 1. The van der Waals surface area contributed by atoms with E-state index < -0.39 is 0 Å². The number of carbonyl (C=O) groups excluding carboxylic acids is 1. The molecular formula is C29H32N4O2.